The molecule has 2 fully saturated rings. The van der Waals surface area contributed by atoms with Crippen molar-refractivity contribution < 1.29 is 33.3 Å². The lowest BCUT2D eigenvalue weighted by molar-refractivity contribution is -0.160. The Balaban J connectivity index is 1.43. The summed E-state index contributed by atoms with van der Waals surface area (Å²) in [6.07, 6.45) is 10.3. The number of ketones is 1. The fraction of sp³-hybridized carbons (Fsp3) is 0.679. The first-order valence-electron chi connectivity index (χ1n) is 13.3. The van der Waals surface area contributed by atoms with Gasteiger partial charge in [0, 0.05) is 12.5 Å². The molecular formula is C28H41NO7. The number of carbonyl (C=O) groups excluding carboxylic acids is 3. The quantitative estimate of drug-likeness (QED) is 0.236. The van der Waals surface area contributed by atoms with Crippen molar-refractivity contribution >= 4 is 17.7 Å². The lowest BCUT2D eigenvalue weighted by atomic mass is 9.85. The highest BCUT2D eigenvalue weighted by molar-refractivity contribution is 6.37. The third-order valence-electron chi connectivity index (χ3n) is 7.30. The van der Waals surface area contributed by atoms with Crippen LogP contribution in [-0.4, -0.2) is 63.1 Å². The Labute approximate surface area is 214 Å². The number of hydrogen-bond acceptors (Lipinski definition) is 7. The predicted molar refractivity (Wildman–Crippen MR) is 136 cm³/mol. The molecule has 1 amide bonds. The molecule has 8 heteroatoms. The third-order valence-corrected chi connectivity index (χ3v) is 7.30. The number of unbranched alkanes of at least 4 members (excludes halogenated alkanes) is 2. The van der Waals surface area contributed by atoms with Crippen molar-refractivity contribution in [2.75, 3.05) is 34.5 Å². The summed E-state index contributed by atoms with van der Waals surface area (Å²) in [4.78, 5) is 40.0. The van der Waals surface area contributed by atoms with Gasteiger partial charge in [0.25, 0.3) is 5.91 Å². The minimum absolute atomic E-state index is 0.185. The SMILES string of the molecule is COc1cc(CCCCCOC(=O)[C@@H]2CCCCN2C(=O)C(=O)C2CCCCC2)cc(OC)c1OC. The lowest BCUT2D eigenvalue weighted by Crippen LogP contribution is -2.52. The second-order valence-electron chi connectivity index (χ2n) is 9.72. The van der Waals surface area contributed by atoms with Crippen molar-refractivity contribution in [3.05, 3.63) is 17.7 Å². The largest absolute Gasteiger partial charge is 0.493 e. The van der Waals surface area contributed by atoms with E-state index in [4.69, 9.17) is 18.9 Å². The van der Waals surface area contributed by atoms with E-state index in [0.29, 0.717) is 36.8 Å². The van der Waals surface area contributed by atoms with Gasteiger partial charge in [0.15, 0.2) is 11.5 Å². The van der Waals surface area contributed by atoms with E-state index in [0.717, 1.165) is 76.2 Å². The molecule has 2 aliphatic rings. The second kappa shape index (κ2) is 14.1. The van der Waals surface area contributed by atoms with Gasteiger partial charge in [-0.05, 0) is 75.5 Å². The summed E-state index contributed by atoms with van der Waals surface area (Å²) in [5.41, 5.74) is 1.08. The van der Waals surface area contributed by atoms with Gasteiger partial charge in [-0.2, -0.15) is 0 Å². The highest BCUT2D eigenvalue weighted by Gasteiger charge is 2.38. The van der Waals surface area contributed by atoms with Gasteiger partial charge in [0.2, 0.25) is 11.5 Å². The van der Waals surface area contributed by atoms with Crippen LogP contribution in [0.15, 0.2) is 12.1 Å². The molecule has 8 nitrogen and oxygen atoms in total. The molecule has 1 heterocycles. The number of nitrogens with zero attached hydrogens (tertiary/aromatic N) is 1. The van der Waals surface area contributed by atoms with Crippen molar-refractivity contribution in [3.63, 3.8) is 0 Å². The van der Waals surface area contributed by atoms with E-state index in [1.807, 2.05) is 12.1 Å². The maximum Gasteiger partial charge on any atom is 0.328 e. The smallest absolute Gasteiger partial charge is 0.328 e. The van der Waals surface area contributed by atoms with Gasteiger partial charge >= 0.3 is 5.97 Å². The molecule has 1 saturated heterocycles. The number of piperidine rings is 1. The summed E-state index contributed by atoms with van der Waals surface area (Å²) in [5, 5.41) is 0. The van der Waals surface area contributed by atoms with Crippen LogP contribution in [0.4, 0.5) is 0 Å². The van der Waals surface area contributed by atoms with Crippen LogP contribution >= 0.6 is 0 Å². The molecule has 1 aromatic rings. The van der Waals surface area contributed by atoms with Crippen LogP contribution in [0, 0.1) is 5.92 Å². The van der Waals surface area contributed by atoms with Gasteiger partial charge in [-0.3, -0.25) is 9.59 Å². The number of rotatable bonds is 12. The number of Topliss-reactive ketones (excluding diaryl/α,β-unsaturated/α-hetero) is 1. The highest BCUT2D eigenvalue weighted by atomic mass is 16.5. The molecule has 1 aromatic carbocycles. The zero-order valence-corrected chi connectivity index (χ0v) is 22.0. The number of amides is 1. The first kappa shape index (κ1) is 27.8. The number of carbonyl (C=O) groups is 3. The minimum Gasteiger partial charge on any atom is -0.493 e. The molecule has 1 aliphatic heterocycles. The summed E-state index contributed by atoms with van der Waals surface area (Å²) < 4.78 is 21.7. The molecule has 0 radical (unpaired) electrons. The zero-order chi connectivity index (χ0) is 25.9. The Morgan fingerprint density at radius 3 is 2.14 bits per heavy atom. The minimum atomic E-state index is -0.641. The summed E-state index contributed by atoms with van der Waals surface area (Å²) in [6.45, 7) is 0.759. The molecule has 3 rings (SSSR count). The monoisotopic (exact) mass is 503 g/mol. The number of hydrogen-bond donors (Lipinski definition) is 0. The van der Waals surface area contributed by atoms with Gasteiger partial charge < -0.3 is 23.8 Å². The van der Waals surface area contributed by atoms with E-state index < -0.39 is 11.9 Å². The summed E-state index contributed by atoms with van der Waals surface area (Å²) in [7, 11) is 4.78. The number of aryl methyl sites for hydroxylation is 1. The predicted octanol–water partition coefficient (Wildman–Crippen LogP) is 4.50. The molecule has 36 heavy (non-hydrogen) atoms. The summed E-state index contributed by atoms with van der Waals surface area (Å²) in [6, 6.07) is 3.26. The van der Waals surface area contributed by atoms with E-state index in [1.54, 1.807) is 21.3 Å². The van der Waals surface area contributed by atoms with Gasteiger partial charge in [0.05, 0.1) is 27.9 Å². The van der Waals surface area contributed by atoms with Crippen LogP contribution in [0.1, 0.15) is 76.2 Å². The molecule has 1 atom stereocenters. The maximum absolute atomic E-state index is 12.9. The Kier molecular flexibility index (Phi) is 10.9. The van der Waals surface area contributed by atoms with Gasteiger partial charge in [-0.25, -0.2) is 4.79 Å². The molecular weight excluding hydrogens is 462 g/mol. The number of ether oxygens (including phenoxy) is 4. The Bertz CT molecular complexity index is 869. The molecule has 0 aromatic heterocycles. The third kappa shape index (κ3) is 7.14. The molecule has 1 aliphatic carbocycles. The first-order valence-corrected chi connectivity index (χ1v) is 13.3. The van der Waals surface area contributed by atoms with Crippen LogP contribution in [-0.2, 0) is 25.5 Å². The molecule has 0 N–H and O–H groups in total. The fourth-order valence-corrected chi connectivity index (χ4v) is 5.26. The van der Waals surface area contributed by atoms with Crippen molar-refractivity contribution in [2.24, 2.45) is 5.92 Å². The van der Waals surface area contributed by atoms with Crippen LogP contribution in [0.5, 0.6) is 17.2 Å². The first-order chi connectivity index (χ1) is 17.5. The summed E-state index contributed by atoms with van der Waals surface area (Å²) >= 11 is 0. The molecule has 0 unspecified atom stereocenters. The van der Waals surface area contributed by atoms with Gasteiger partial charge in [-0.1, -0.05) is 19.3 Å². The Hall–Kier alpha value is -2.77. The lowest BCUT2D eigenvalue weighted by Gasteiger charge is -2.34. The summed E-state index contributed by atoms with van der Waals surface area (Å²) in [5.74, 6) is 0.463. The maximum atomic E-state index is 12.9. The van der Waals surface area contributed by atoms with Crippen molar-refractivity contribution in [1.29, 1.82) is 0 Å². The van der Waals surface area contributed by atoms with Crippen molar-refractivity contribution in [2.45, 2.75) is 83.1 Å². The average Bonchev–Trinajstić information content (AvgIpc) is 2.93. The number of benzene rings is 1. The number of esters is 1. The fourth-order valence-electron chi connectivity index (χ4n) is 5.26. The second-order valence-corrected chi connectivity index (χ2v) is 9.72. The van der Waals surface area contributed by atoms with Crippen molar-refractivity contribution in [1.82, 2.24) is 4.90 Å². The van der Waals surface area contributed by atoms with Crippen LogP contribution in [0.3, 0.4) is 0 Å². The van der Waals surface area contributed by atoms with Crippen LogP contribution in [0.2, 0.25) is 0 Å². The van der Waals surface area contributed by atoms with E-state index in [9.17, 15) is 14.4 Å². The number of likely N-dealkylation sites (tertiary alicyclic amines) is 1. The Morgan fingerprint density at radius 2 is 1.50 bits per heavy atom. The molecule has 0 bridgehead atoms. The van der Waals surface area contributed by atoms with E-state index in [2.05, 4.69) is 0 Å². The van der Waals surface area contributed by atoms with Gasteiger partial charge in [-0.15, -0.1) is 0 Å². The molecule has 1 saturated carbocycles. The average molecular weight is 504 g/mol. The van der Waals surface area contributed by atoms with E-state index in [-0.39, 0.29) is 17.7 Å². The molecule has 0 spiro atoms. The molecule has 200 valence electrons. The topological polar surface area (TPSA) is 91.4 Å². The van der Waals surface area contributed by atoms with Crippen LogP contribution in [0.25, 0.3) is 0 Å². The standard InChI is InChI=1S/C28H41NO7/c1-33-23-18-20(19-24(34-2)26(23)35-3)12-6-5-11-17-36-28(32)22-15-9-10-16-29(22)27(31)25(30)21-13-7-4-8-14-21/h18-19,21-22H,4-17H2,1-3H3/t22-/m0/s1. The Morgan fingerprint density at radius 1 is 0.833 bits per heavy atom. The van der Waals surface area contributed by atoms with Gasteiger partial charge in [0.1, 0.15) is 6.04 Å². The normalized spacial score (nSPS) is 18.4. The number of methoxy groups -OCH3 is 3. The zero-order valence-electron chi connectivity index (χ0n) is 22.0. The van der Waals surface area contributed by atoms with Crippen molar-refractivity contribution in [3.8, 4) is 17.2 Å². The highest BCUT2D eigenvalue weighted by Crippen LogP contribution is 2.38. The van der Waals surface area contributed by atoms with Crippen LogP contribution < -0.4 is 14.2 Å². The van der Waals surface area contributed by atoms with E-state index in [1.165, 1.54) is 4.90 Å². The van der Waals surface area contributed by atoms with E-state index >= 15 is 0 Å².